The summed E-state index contributed by atoms with van der Waals surface area (Å²) in [7, 11) is 0. The van der Waals surface area contributed by atoms with Crippen molar-refractivity contribution >= 4 is 11.7 Å². The zero-order valence-electron chi connectivity index (χ0n) is 11.2. The van der Waals surface area contributed by atoms with E-state index in [2.05, 4.69) is 10.3 Å². The molecule has 0 aliphatic rings. The lowest BCUT2D eigenvalue weighted by Crippen LogP contribution is -2.16. The van der Waals surface area contributed by atoms with Gasteiger partial charge in [0.25, 0.3) is 0 Å². The Hall–Kier alpha value is -2.37. The van der Waals surface area contributed by atoms with E-state index in [-0.39, 0.29) is 6.42 Å². The number of aryl methyl sites for hydroxylation is 1. The number of aromatic nitrogens is 1. The summed E-state index contributed by atoms with van der Waals surface area (Å²) < 4.78 is 37.7. The van der Waals surface area contributed by atoms with Crippen LogP contribution in [0.3, 0.4) is 0 Å². The average Bonchev–Trinajstić information content (AvgIpc) is 2.41. The summed E-state index contributed by atoms with van der Waals surface area (Å²) in [4.78, 5) is 15.8. The van der Waals surface area contributed by atoms with Crippen molar-refractivity contribution in [3.8, 4) is 0 Å². The van der Waals surface area contributed by atoms with Gasteiger partial charge in [0.15, 0.2) is 0 Å². The maximum atomic E-state index is 12.6. The second-order valence-corrected chi connectivity index (χ2v) is 4.64. The number of alkyl halides is 3. The normalized spacial score (nSPS) is 11.2. The third-order valence-corrected chi connectivity index (χ3v) is 2.80. The Morgan fingerprint density at radius 3 is 2.62 bits per heavy atom. The fraction of sp³-hybridized carbons (Fsp3) is 0.200. The number of amides is 1. The highest BCUT2D eigenvalue weighted by molar-refractivity contribution is 5.91. The number of anilines is 1. The maximum Gasteiger partial charge on any atom is 0.416 e. The molecule has 21 heavy (non-hydrogen) atoms. The second-order valence-electron chi connectivity index (χ2n) is 4.64. The molecule has 0 atom stereocenters. The van der Waals surface area contributed by atoms with Crippen molar-refractivity contribution < 1.29 is 18.0 Å². The van der Waals surface area contributed by atoms with E-state index in [1.807, 2.05) is 6.92 Å². The molecule has 1 aromatic heterocycles. The third-order valence-electron chi connectivity index (χ3n) is 2.80. The molecule has 3 nitrogen and oxygen atoms in total. The van der Waals surface area contributed by atoms with Gasteiger partial charge < -0.3 is 5.32 Å². The number of rotatable bonds is 3. The molecule has 110 valence electrons. The van der Waals surface area contributed by atoms with Crippen molar-refractivity contribution in [3.05, 3.63) is 59.3 Å². The molecule has 2 aromatic rings. The first kappa shape index (κ1) is 15.0. The predicted molar refractivity (Wildman–Crippen MR) is 72.8 cm³/mol. The van der Waals surface area contributed by atoms with Crippen molar-refractivity contribution in [3.63, 3.8) is 0 Å². The summed E-state index contributed by atoms with van der Waals surface area (Å²) in [5.41, 5.74) is 0.488. The number of hydrogen-bond acceptors (Lipinski definition) is 2. The minimum Gasteiger partial charge on any atom is -0.310 e. The van der Waals surface area contributed by atoms with Gasteiger partial charge in [0.05, 0.1) is 12.0 Å². The van der Waals surface area contributed by atoms with Crippen LogP contribution in [-0.4, -0.2) is 10.9 Å². The largest absolute Gasteiger partial charge is 0.416 e. The van der Waals surface area contributed by atoms with Crippen LogP contribution < -0.4 is 5.32 Å². The van der Waals surface area contributed by atoms with Crippen LogP contribution in [0.5, 0.6) is 0 Å². The lowest BCUT2D eigenvalue weighted by Gasteiger charge is -2.09. The van der Waals surface area contributed by atoms with Gasteiger partial charge in [-0.15, -0.1) is 0 Å². The highest BCUT2D eigenvalue weighted by Crippen LogP contribution is 2.29. The Kier molecular flexibility index (Phi) is 4.26. The smallest absolute Gasteiger partial charge is 0.310 e. The zero-order chi connectivity index (χ0) is 15.5. The molecule has 1 amide bonds. The average molecular weight is 294 g/mol. The van der Waals surface area contributed by atoms with Crippen LogP contribution in [0, 0.1) is 6.92 Å². The van der Waals surface area contributed by atoms with Gasteiger partial charge in [0, 0.05) is 6.20 Å². The van der Waals surface area contributed by atoms with Gasteiger partial charge in [-0.1, -0.05) is 24.3 Å². The topological polar surface area (TPSA) is 42.0 Å². The van der Waals surface area contributed by atoms with Crippen LogP contribution in [0.15, 0.2) is 42.6 Å². The number of nitrogens with one attached hydrogen (secondary N) is 1. The van der Waals surface area contributed by atoms with Crippen molar-refractivity contribution in [2.45, 2.75) is 19.5 Å². The van der Waals surface area contributed by atoms with E-state index >= 15 is 0 Å². The van der Waals surface area contributed by atoms with Gasteiger partial charge in [0.1, 0.15) is 5.82 Å². The Balaban J connectivity index is 2.04. The number of pyridine rings is 1. The summed E-state index contributed by atoms with van der Waals surface area (Å²) >= 11 is 0. The predicted octanol–water partition coefficient (Wildman–Crippen LogP) is 3.59. The minimum absolute atomic E-state index is 0.139. The molecule has 0 spiro atoms. The number of hydrogen-bond donors (Lipinski definition) is 1. The molecule has 0 unspecified atom stereocenters. The summed E-state index contributed by atoms with van der Waals surface area (Å²) in [6.45, 7) is 1.86. The summed E-state index contributed by atoms with van der Waals surface area (Å²) in [5, 5.41) is 2.54. The molecule has 1 heterocycles. The Labute approximate surface area is 119 Å². The van der Waals surface area contributed by atoms with E-state index < -0.39 is 17.6 Å². The van der Waals surface area contributed by atoms with Gasteiger partial charge >= 0.3 is 6.18 Å². The lowest BCUT2D eigenvalue weighted by atomic mass is 10.1. The molecule has 0 saturated carbocycles. The molecule has 0 bridgehead atoms. The number of nitrogens with zero attached hydrogens (tertiary/aromatic N) is 1. The van der Waals surface area contributed by atoms with Crippen LogP contribution in [0.2, 0.25) is 0 Å². The molecule has 6 heteroatoms. The quantitative estimate of drug-likeness (QED) is 0.940. The summed E-state index contributed by atoms with van der Waals surface area (Å²) in [6, 6.07) is 8.14. The van der Waals surface area contributed by atoms with Crippen LogP contribution in [0.4, 0.5) is 19.0 Å². The standard InChI is InChI=1S/C15H13F3N2O/c1-10-5-6-13(19-9-10)20-14(21)8-11-3-2-4-12(7-11)15(16,17)18/h2-7,9H,8H2,1H3,(H,19,20,21). The van der Waals surface area contributed by atoms with E-state index in [0.29, 0.717) is 11.4 Å². The summed E-state index contributed by atoms with van der Waals surface area (Å²) in [5.74, 6) is -0.0387. The SMILES string of the molecule is Cc1ccc(NC(=O)Cc2cccc(C(F)(F)F)c2)nc1. The van der Waals surface area contributed by atoms with E-state index in [0.717, 1.165) is 17.7 Å². The molecule has 1 aromatic carbocycles. The van der Waals surface area contributed by atoms with Gasteiger partial charge in [-0.25, -0.2) is 4.98 Å². The van der Waals surface area contributed by atoms with E-state index in [1.54, 1.807) is 18.3 Å². The minimum atomic E-state index is -4.41. The first-order valence-electron chi connectivity index (χ1n) is 6.23. The summed E-state index contributed by atoms with van der Waals surface area (Å²) in [6.07, 6.45) is -2.95. The van der Waals surface area contributed by atoms with Crippen molar-refractivity contribution in [1.82, 2.24) is 4.98 Å². The van der Waals surface area contributed by atoms with Gasteiger partial charge in [-0.2, -0.15) is 13.2 Å². The maximum absolute atomic E-state index is 12.6. The second kappa shape index (κ2) is 5.95. The lowest BCUT2D eigenvalue weighted by molar-refractivity contribution is -0.137. The van der Waals surface area contributed by atoms with Crippen molar-refractivity contribution in [2.75, 3.05) is 5.32 Å². The monoisotopic (exact) mass is 294 g/mol. The van der Waals surface area contributed by atoms with Crippen LogP contribution in [-0.2, 0) is 17.4 Å². The van der Waals surface area contributed by atoms with Gasteiger partial charge in [0.2, 0.25) is 5.91 Å². The van der Waals surface area contributed by atoms with E-state index in [1.165, 1.54) is 12.1 Å². The third kappa shape index (κ3) is 4.30. The van der Waals surface area contributed by atoms with Crippen molar-refractivity contribution in [1.29, 1.82) is 0 Å². The number of carbonyl (C=O) groups is 1. The highest BCUT2D eigenvalue weighted by atomic mass is 19.4. The number of halogens is 3. The first-order chi connectivity index (χ1) is 9.84. The Morgan fingerprint density at radius 1 is 1.24 bits per heavy atom. The molecule has 0 aliphatic carbocycles. The molecule has 0 saturated heterocycles. The van der Waals surface area contributed by atoms with Gasteiger partial charge in [-0.3, -0.25) is 4.79 Å². The molecular weight excluding hydrogens is 281 g/mol. The first-order valence-corrected chi connectivity index (χ1v) is 6.23. The fourth-order valence-electron chi connectivity index (χ4n) is 1.77. The van der Waals surface area contributed by atoms with Crippen LogP contribution in [0.1, 0.15) is 16.7 Å². The molecule has 0 radical (unpaired) electrons. The van der Waals surface area contributed by atoms with Crippen molar-refractivity contribution in [2.24, 2.45) is 0 Å². The Bertz CT molecular complexity index is 636. The molecule has 0 aliphatic heterocycles. The van der Waals surface area contributed by atoms with Crippen LogP contribution in [0.25, 0.3) is 0 Å². The molecule has 0 fully saturated rings. The molecular formula is C15H13F3N2O. The Morgan fingerprint density at radius 2 is 2.00 bits per heavy atom. The van der Waals surface area contributed by atoms with E-state index in [9.17, 15) is 18.0 Å². The highest BCUT2D eigenvalue weighted by Gasteiger charge is 2.30. The number of benzene rings is 1. The van der Waals surface area contributed by atoms with Gasteiger partial charge in [-0.05, 0) is 30.2 Å². The van der Waals surface area contributed by atoms with Crippen LogP contribution >= 0.6 is 0 Å². The van der Waals surface area contributed by atoms with E-state index in [4.69, 9.17) is 0 Å². The zero-order valence-corrected chi connectivity index (χ0v) is 11.2. The number of carbonyl (C=O) groups excluding carboxylic acids is 1. The molecule has 2 rings (SSSR count). The molecule has 1 N–H and O–H groups in total. The fourth-order valence-corrected chi connectivity index (χ4v) is 1.77.